The first-order valence-electron chi connectivity index (χ1n) is 10.4. The second-order valence-electron chi connectivity index (χ2n) is 7.99. The minimum Gasteiger partial charge on any atom is -0.341 e. The highest BCUT2D eigenvalue weighted by atomic mass is 16.2. The van der Waals surface area contributed by atoms with Crippen LogP contribution in [-0.2, 0) is 4.79 Å². The van der Waals surface area contributed by atoms with Gasteiger partial charge >= 0.3 is 0 Å². The number of fused-ring (bicyclic) bond motifs is 1. The Morgan fingerprint density at radius 2 is 1.70 bits per heavy atom. The summed E-state index contributed by atoms with van der Waals surface area (Å²) in [6.45, 7) is 8.09. The molecule has 7 heteroatoms. The average Bonchev–Trinajstić information content (AvgIpc) is 3.02. The van der Waals surface area contributed by atoms with Crippen LogP contribution < -0.4 is 0 Å². The number of hydrogen-bond donors (Lipinski definition) is 0. The molecular formula is C23H27N5O2. The summed E-state index contributed by atoms with van der Waals surface area (Å²) in [6.07, 6.45) is 2.51. The van der Waals surface area contributed by atoms with Gasteiger partial charge in [0, 0.05) is 44.7 Å². The molecule has 0 saturated carbocycles. The van der Waals surface area contributed by atoms with Gasteiger partial charge in [0.05, 0.1) is 22.8 Å². The molecule has 3 heterocycles. The molecule has 1 saturated heterocycles. The van der Waals surface area contributed by atoms with Crippen LogP contribution in [0.4, 0.5) is 0 Å². The van der Waals surface area contributed by atoms with E-state index in [0.717, 1.165) is 28.7 Å². The average molecular weight is 406 g/mol. The zero-order valence-electron chi connectivity index (χ0n) is 17.7. The molecule has 0 N–H and O–H groups in total. The molecule has 1 fully saturated rings. The van der Waals surface area contributed by atoms with Gasteiger partial charge in [-0.3, -0.25) is 9.59 Å². The molecule has 0 aliphatic carbocycles. The van der Waals surface area contributed by atoms with Crippen molar-refractivity contribution in [1.29, 1.82) is 0 Å². The van der Waals surface area contributed by atoms with E-state index in [9.17, 15) is 9.59 Å². The lowest BCUT2D eigenvalue weighted by molar-refractivity contribution is -0.128. The lowest BCUT2D eigenvalue weighted by atomic mass is 10.1. The normalized spacial score (nSPS) is 14.9. The van der Waals surface area contributed by atoms with E-state index in [1.165, 1.54) is 0 Å². The fourth-order valence-corrected chi connectivity index (χ4v) is 3.94. The molecule has 3 aromatic rings. The van der Waals surface area contributed by atoms with E-state index in [1.54, 1.807) is 13.1 Å². The SMILES string of the molecule is CC(=O)N1CCCN(C(=O)c2cc(-c3ccccc3)nc3c2cnn3C(C)C)CC1. The molecule has 1 aliphatic rings. The maximum Gasteiger partial charge on any atom is 0.254 e. The van der Waals surface area contributed by atoms with Crippen LogP contribution in [0.3, 0.4) is 0 Å². The molecule has 30 heavy (non-hydrogen) atoms. The van der Waals surface area contributed by atoms with Crippen molar-refractivity contribution in [2.24, 2.45) is 0 Å². The fraction of sp³-hybridized carbons (Fsp3) is 0.391. The van der Waals surface area contributed by atoms with Crippen LogP contribution in [0.15, 0.2) is 42.6 Å². The number of carbonyl (C=O) groups is 2. The van der Waals surface area contributed by atoms with Gasteiger partial charge in [0.1, 0.15) is 0 Å². The van der Waals surface area contributed by atoms with Gasteiger partial charge in [0.25, 0.3) is 5.91 Å². The summed E-state index contributed by atoms with van der Waals surface area (Å²) in [5.74, 6) is 0.0217. The topological polar surface area (TPSA) is 71.3 Å². The Morgan fingerprint density at radius 3 is 2.40 bits per heavy atom. The Labute approximate surface area is 176 Å². The van der Waals surface area contributed by atoms with Crippen LogP contribution in [-0.4, -0.2) is 62.6 Å². The summed E-state index contributed by atoms with van der Waals surface area (Å²) in [5, 5.41) is 5.27. The van der Waals surface area contributed by atoms with E-state index in [1.807, 2.05) is 50.9 Å². The van der Waals surface area contributed by atoms with Gasteiger partial charge in [-0.05, 0) is 26.3 Å². The van der Waals surface area contributed by atoms with Gasteiger partial charge in [-0.15, -0.1) is 0 Å². The van der Waals surface area contributed by atoms with Crippen LogP contribution >= 0.6 is 0 Å². The van der Waals surface area contributed by atoms with Gasteiger partial charge in [-0.2, -0.15) is 5.10 Å². The Kier molecular flexibility index (Phi) is 5.53. The predicted molar refractivity (Wildman–Crippen MR) is 116 cm³/mol. The van der Waals surface area contributed by atoms with Gasteiger partial charge in [-0.25, -0.2) is 9.67 Å². The number of benzene rings is 1. The highest BCUT2D eigenvalue weighted by Gasteiger charge is 2.25. The summed E-state index contributed by atoms with van der Waals surface area (Å²) in [7, 11) is 0. The summed E-state index contributed by atoms with van der Waals surface area (Å²) in [5.41, 5.74) is 3.05. The smallest absolute Gasteiger partial charge is 0.254 e. The number of amides is 2. The first-order valence-corrected chi connectivity index (χ1v) is 10.4. The number of carbonyl (C=O) groups excluding carboxylic acids is 2. The van der Waals surface area contributed by atoms with Gasteiger partial charge in [-0.1, -0.05) is 30.3 Å². The summed E-state index contributed by atoms with van der Waals surface area (Å²) >= 11 is 0. The number of pyridine rings is 1. The van der Waals surface area contributed by atoms with Crippen LogP contribution in [0.5, 0.6) is 0 Å². The first-order chi connectivity index (χ1) is 14.5. The summed E-state index contributed by atoms with van der Waals surface area (Å²) in [4.78, 5) is 33.8. The molecule has 1 aliphatic heterocycles. The highest BCUT2D eigenvalue weighted by Crippen LogP contribution is 2.27. The van der Waals surface area contributed by atoms with Crippen molar-refractivity contribution in [2.45, 2.75) is 33.2 Å². The standard InChI is InChI=1S/C23H27N5O2/c1-16(2)28-22-20(15-24-28)19(14-21(25-22)18-8-5-4-6-9-18)23(30)27-11-7-10-26(12-13-27)17(3)29/h4-6,8-9,14-16H,7,10-13H2,1-3H3. The molecule has 156 valence electrons. The van der Waals surface area contributed by atoms with Crippen LogP contribution in [0.25, 0.3) is 22.3 Å². The third kappa shape index (κ3) is 3.79. The second kappa shape index (κ2) is 8.26. The van der Waals surface area contributed by atoms with Crippen molar-refractivity contribution >= 4 is 22.8 Å². The minimum atomic E-state index is -0.0340. The van der Waals surface area contributed by atoms with Crippen molar-refractivity contribution < 1.29 is 9.59 Å². The van der Waals surface area contributed by atoms with E-state index in [0.29, 0.717) is 31.7 Å². The molecular weight excluding hydrogens is 378 g/mol. The van der Waals surface area contributed by atoms with E-state index in [4.69, 9.17) is 4.98 Å². The van der Waals surface area contributed by atoms with Gasteiger partial charge in [0.2, 0.25) is 5.91 Å². The molecule has 0 radical (unpaired) electrons. The van der Waals surface area contributed by atoms with Crippen LogP contribution in [0.1, 0.15) is 43.6 Å². The Bertz CT molecular complexity index is 1070. The van der Waals surface area contributed by atoms with Gasteiger partial charge < -0.3 is 9.80 Å². The zero-order valence-corrected chi connectivity index (χ0v) is 17.7. The van der Waals surface area contributed by atoms with Crippen molar-refractivity contribution in [3.05, 3.63) is 48.2 Å². The maximum atomic E-state index is 13.6. The number of rotatable bonds is 3. The van der Waals surface area contributed by atoms with Gasteiger partial charge in [0.15, 0.2) is 5.65 Å². The Balaban J connectivity index is 1.77. The lowest BCUT2D eigenvalue weighted by Crippen LogP contribution is -2.36. The van der Waals surface area contributed by atoms with Crippen molar-refractivity contribution in [2.75, 3.05) is 26.2 Å². The Hall–Kier alpha value is -3.22. The minimum absolute atomic E-state index is 0.0340. The third-order valence-corrected chi connectivity index (χ3v) is 5.58. The lowest BCUT2D eigenvalue weighted by Gasteiger charge is -2.22. The molecule has 7 nitrogen and oxygen atoms in total. The van der Waals surface area contributed by atoms with Crippen LogP contribution in [0.2, 0.25) is 0 Å². The van der Waals surface area contributed by atoms with Crippen molar-refractivity contribution in [3.8, 4) is 11.3 Å². The molecule has 2 amide bonds. The molecule has 0 atom stereocenters. The zero-order chi connectivity index (χ0) is 21.3. The second-order valence-corrected chi connectivity index (χ2v) is 7.99. The number of aromatic nitrogens is 3. The van der Waals surface area contributed by atoms with E-state index < -0.39 is 0 Å². The molecule has 0 bridgehead atoms. The predicted octanol–water partition coefficient (Wildman–Crippen LogP) is 3.37. The van der Waals surface area contributed by atoms with E-state index in [-0.39, 0.29) is 17.9 Å². The molecule has 0 unspecified atom stereocenters. The van der Waals surface area contributed by atoms with Crippen LogP contribution in [0, 0.1) is 0 Å². The quantitative estimate of drug-likeness (QED) is 0.670. The Morgan fingerprint density at radius 1 is 1.00 bits per heavy atom. The van der Waals surface area contributed by atoms with Crippen molar-refractivity contribution in [3.63, 3.8) is 0 Å². The monoisotopic (exact) mass is 405 g/mol. The molecule has 2 aromatic heterocycles. The van der Waals surface area contributed by atoms with E-state index >= 15 is 0 Å². The first kappa shape index (κ1) is 20.1. The summed E-state index contributed by atoms with van der Waals surface area (Å²) in [6, 6.07) is 11.9. The number of nitrogens with zero attached hydrogens (tertiary/aromatic N) is 5. The molecule has 4 rings (SSSR count). The molecule has 1 aromatic carbocycles. The molecule has 0 spiro atoms. The fourth-order valence-electron chi connectivity index (χ4n) is 3.94. The van der Waals surface area contributed by atoms with Crippen molar-refractivity contribution in [1.82, 2.24) is 24.6 Å². The number of hydrogen-bond acceptors (Lipinski definition) is 4. The van der Waals surface area contributed by atoms with E-state index in [2.05, 4.69) is 18.9 Å². The highest BCUT2D eigenvalue weighted by molar-refractivity contribution is 6.06. The third-order valence-electron chi connectivity index (χ3n) is 5.58. The largest absolute Gasteiger partial charge is 0.341 e. The maximum absolute atomic E-state index is 13.6. The summed E-state index contributed by atoms with van der Waals surface area (Å²) < 4.78 is 1.86.